The zero-order valence-electron chi connectivity index (χ0n) is 15.0. The number of imide groups is 1. The van der Waals surface area contributed by atoms with Gasteiger partial charge in [-0.15, -0.1) is 0 Å². The van der Waals surface area contributed by atoms with Crippen molar-refractivity contribution in [2.45, 2.75) is 19.5 Å². The van der Waals surface area contributed by atoms with E-state index in [4.69, 9.17) is 0 Å². The molecule has 0 aliphatic carbocycles. The molecule has 9 heteroatoms. The van der Waals surface area contributed by atoms with Crippen LogP contribution >= 0.6 is 0 Å². The molecule has 0 spiro atoms. The first-order chi connectivity index (χ1) is 12.6. The Balaban J connectivity index is 2.12. The third kappa shape index (κ3) is 3.24. The van der Waals surface area contributed by atoms with Gasteiger partial charge in [0.1, 0.15) is 0 Å². The molecule has 1 fully saturated rings. The molecular formula is C18H18F3N4O2+. The number of amides is 3. The van der Waals surface area contributed by atoms with Gasteiger partial charge in [-0.1, -0.05) is 13.0 Å². The summed E-state index contributed by atoms with van der Waals surface area (Å²) >= 11 is 0. The second-order valence-electron chi connectivity index (χ2n) is 6.27. The van der Waals surface area contributed by atoms with Crippen molar-refractivity contribution >= 4 is 29.2 Å². The van der Waals surface area contributed by atoms with Crippen molar-refractivity contribution in [1.29, 1.82) is 0 Å². The first-order valence-corrected chi connectivity index (χ1v) is 8.29. The van der Waals surface area contributed by atoms with Crippen LogP contribution in [-0.2, 0) is 11.0 Å². The normalized spacial score (nSPS) is 22.0. The van der Waals surface area contributed by atoms with Gasteiger partial charge in [0.15, 0.2) is 5.92 Å². The molecule has 2 aliphatic rings. The van der Waals surface area contributed by atoms with Gasteiger partial charge in [0.05, 0.1) is 30.2 Å². The van der Waals surface area contributed by atoms with Gasteiger partial charge in [0.2, 0.25) is 0 Å². The van der Waals surface area contributed by atoms with Gasteiger partial charge in [0, 0.05) is 12.6 Å². The highest BCUT2D eigenvalue weighted by Gasteiger charge is 2.50. The highest BCUT2D eigenvalue weighted by molar-refractivity contribution is 6.31. The SMILES string of the molecule is CCC1=C[NH+]=C2C(C(=O)N(C)C(=O)N2C)C1=Nc1cccc(C(F)(F)F)c1. The Morgan fingerprint density at radius 2 is 1.89 bits per heavy atom. The van der Waals surface area contributed by atoms with Gasteiger partial charge in [-0.3, -0.25) is 9.79 Å². The average molecular weight is 379 g/mol. The van der Waals surface area contributed by atoms with E-state index in [1.807, 2.05) is 6.92 Å². The number of rotatable bonds is 2. The van der Waals surface area contributed by atoms with Crippen molar-refractivity contribution in [2.24, 2.45) is 10.9 Å². The first-order valence-electron chi connectivity index (χ1n) is 8.29. The molecule has 0 saturated carbocycles. The van der Waals surface area contributed by atoms with Crippen molar-refractivity contribution in [3.05, 3.63) is 41.6 Å². The molecule has 2 aliphatic heterocycles. The van der Waals surface area contributed by atoms with Gasteiger partial charge in [-0.05, 0) is 24.6 Å². The van der Waals surface area contributed by atoms with Gasteiger partial charge < -0.3 is 0 Å². The Kier molecular flexibility index (Phi) is 4.63. The van der Waals surface area contributed by atoms with Crippen molar-refractivity contribution in [2.75, 3.05) is 14.1 Å². The van der Waals surface area contributed by atoms with E-state index < -0.39 is 29.6 Å². The number of urea groups is 1. The van der Waals surface area contributed by atoms with Crippen LogP contribution in [0.4, 0.5) is 23.7 Å². The summed E-state index contributed by atoms with van der Waals surface area (Å²) in [6, 6.07) is 4.13. The maximum atomic E-state index is 13.0. The molecule has 1 saturated heterocycles. The highest BCUT2D eigenvalue weighted by Crippen LogP contribution is 2.32. The minimum Gasteiger partial charge on any atom is -0.273 e. The van der Waals surface area contributed by atoms with E-state index in [0.717, 1.165) is 17.0 Å². The van der Waals surface area contributed by atoms with E-state index >= 15 is 0 Å². The molecule has 1 aromatic rings. The largest absolute Gasteiger partial charge is 0.417 e. The lowest BCUT2D eigenvalue weighted by Crippen LogP contribution is -2.80. The summed E-state index contributed by atoms with van der Waals surface area (Å²) in [5.74, 6) is -1.02. The number of hydrogen-bond acceptors (Lipinski definition) is 3. The first kappa shape index (κ1) is 18.8. The van der Waals surface area contributed by atoms with E-state index in [1.165, 1.54) is 31.1 Å². The second-order valence-corrected chi connectivity index (χ2v) is 6.27. The Hall–Kier alpha value is -2.97. The standard InChI is InChI=1S/C18H17F3N4O2/c1-4-10-9-22-15-13(16(26)25(3)17(27)24(15)2)14(10)23-12-7-5-6-11(8-12)18(19,20)21/h5-9,13H,4H2,1-3H3/p+1. The van der Waals surface area contributed by atoms with Crippen molar-refractivity contribution < 1.29 is 27.8 Å². The maximum absolute atomic E-state index is 13.0. The highest BCUT2D eigenvalue weighted by atomic mass is 19.4. The number of aliphatic imine (C=N–C) groups is 1. The van der Waals surface area contributed by atoms with Gasteiger partial charge in [0.25, 0.3) is 11.7 Å². The predicted molar refractivity (Wildman–Crippen MR) is 92.3 cm³/mol. The van der Waals surface area contributed by atoms with E-state index in [9.17, 15) is 22.8 Å². The van der Waals surface area contributed by atoms with Gasteiger partial charge >= 0.3 is 12.2 Å². The third-order valence-electron chi connectivity index (χ3n) is 4.59. The number of alkyl halides is 3. The molecule has 0 radical (unpaired) electrons. The number of carbonyl (C=O) groups excluding carboxylic acids is 2. The summed E-state index contributed by atoms with van der Waals surface area (Å²) in [6.07, 6.45) is -2.34. The van der Waals surface area contributed by atoms with Crippen LogP contribution in [0.25, 0.3) is 0 Å². The predicted octanol–water partition coefficient (Wildman–Crippen LogP) is 1.70. The number of nitrogens with zero attached hydrogens (tertiary/aromatic N) is 3. The molecular weight excluding hydrogens is 361 g/mol. The molecule has 3 rings (SSSR count). The number of amidine groups is 1. The summed E-state index contributed by atoms with van der Waals surface area (Å²) in [6.45, 7) is 1.85. The van der Waals surface area contributed by atoms with E-state index in [2.05, 4.69) is 9.98 Å². The summed E-state index contributed by atoms with van der Waals surface area (Å²) in [5, 5.41) is 0. The zero-order valence-corrected chi connectivity index (χ0v) is 15.0. The Morgan fingerprint density at radius 3 is 2.52 bits per heavy atom. The number of nitrogens with one attached hydrogen (secondary N) is 1. The molecule has 1 N–H and O–H groups in total. The molecule has 0 bridgehead atoms. The van der Waals surface area contributed by atoms with Gasteiger partial charge in [-0.25, -0.2) is 14.7 Å². The fourth-order valence-electron chi connectivity index (χ4n) is 3.08. The van der Waals surface area contributed by atoms with Crippen molar-refractivity contribution in [3.8, 4) is 0 Å². The van der Waals surface area contributed by atoms with Gasteiger partial charge in [-0.2, -0.15) is 18.1 Å². The Morgan fingerprint density at radius 1 is 1.19 bits per heavy atom. The van der Waals surface area contributed by atoms with Crippen LogP contribution in [-0.4, -0.2) is 47.4 Å². The topological polar surface area (TPSA) is 67.0 Å². The number of allylic oxidation sites excluding steroid dienone is 1. The summed E-state index contributed by atoms with van der Waals surface area (Å²) < 4.78 is 39.0. The maximum Gasteiger partial charge on any atom is 0.417 e. The van der Waals surface area contributed by atoms with Crippen molar-refractivity contribution in [1.82, 2.24) is 9.80 Å². The van der Waals surface area contributed by atoms with Crippen LogP contribution in [0.1, 0.15) is 18.9 Å². The van der Waals surface area contributed by atoms with E-state index in [0.29, 0.717) is 23.5 Å². The number of benzene rings is 1. The number of halogens is 3. The van der Waals surface area contributed by atoms with E-state index in [-0.39, 0.29) is 5.69 Å². The Labute approximate surface area is 153 Å². The summed E-state index contributed by atoms with van der Waals surface area (Å²) in [5.41, 5.74) is 0.298. The molecule has 142 valence electrons. The molecule has 27 heavy (non-hydrogen) atoms. The van der Waals surface area contributed by atoms with Crippen LogP contribution in [0.15, 0.2) is 41.0 Å². The van der Waals surface area contributed by atoms with E-state index in [1.54, 1.807) is 6.20 Å². The Bertz CT molecular complexity index is 902. The molecule has 1 unspecified atom stereocenters. The molecule has 3 amide bonds. The molecule has 1 aromatic carbocycles. The number of carbonyl (C=O) groups is 2. The average Bonchev–Trinajstić information content (AvgIpc) is 2.64. The minimum absolute atomic E-state index is 0.0930. The monoisotopic (exact) mass is 379 g/mol. The lowest BCUT2D eigenvalue weighted by molar-refractivity contribution is -0.383. The van der Waals surface area contributed by atoms with Crippen LogP contribution < -0.4 is 4.99 Å². The van der Waals surface area contributed by atoms with Crippen molar-refractivity contribution in [3.63, 3.8) is 0 Å². The summed E-state index contributed by atoms with van der Waals surface area (Å²) in [4.78, 5) is 34.5. The fourth-order valence-corrected chi connectivity index (χ4v) is 3.08. The third-order valence-corrected chi connectivity index (χ3v) is 4.59. The van der Waals surface area contributed by atoms with Crippen LogP contribution in [0.3, 0.4) is 0 Å². The van der Waals surface area contributed by atoms with Crippen LogP contribution in [0.2, 0.25) is 0 Å². The minimum atomic E-state index is -4.49. The molecule has 1 atom stereocenters. The van der Waals surface area contributed by atoms with Crippen LogP contribution in [0, 0.1) is 5.92 Å². The van der Waals surface area contributed by atoms with Crippen LogP contribution in [0.5, 0.6) is 0 Å². The number of fused-ring (bicyclic) bond motifs is 1. The zero-order chi connectivity index (χ0) is 19.9. The molecule has 6 nitrogen and oxygen atoms in total. The fraction of sp³-hybridized carbons (Fsp3) is 0.333. The summed E-state index contributed by atoms with van der Waals surface area (Å²) in [7, 11) is 2.89. The second kappa shape index (κ2) is 6.64. The smallest absolute Gasteiger partial charge is 0.273 e. The molecule has 2 heterocycles. The molecule has 0 aromatic heterocycles. The number of hydrogen-bond donors (Lipinski definition) is 1. The lowest BCUT2D eigenvalue weighted by atomic mass is 9.89. The quantitative estimate of drug-likeness (QED) is 0.850. The lowest BCUT2D eigenvalue weighted by Gasteiger charge is -2.32.